The average Bonchev–Trinajstić information content (AvgIpc) is 2.47. The summed E-state index contributed by atoms with van der Waals surface area (Å²) in [6.07, 6.45) is 4.14. The zero-order valence-electron chi connectivity index (χ0n) is 13.3. The maximum Gasteiger partial charge on any atom is 0.0445 e. The van der Waals surface area contributed by atoms with Crippen LogP contribution in [0.4, 0.5) is 5.69 Å². The molecule has 0 amide bonds. The molecular weight excluding hydrogens is 254 g/mol. The van der Waals surface area contributed by atoms with E-state index in [9.17, 15) is 0 Å². The number of hydrogen-bond donors (Lipinski definition) is 1. The Kier molecular flexibility index (Phi) is 5.21. The Morgan fingerprint density at radius 2 is 1.67 bits per heavy atom. The molecule has 1 N–H and O–H groups in total. The van der Waals surface area contributed by atoms with Crippen LogP contribution in [0.5, 0.6) is 0 Å². The second-order valence-corrected chi connectivity index (χ2v) is 5.78. The molecule has 1 unspecified atom stereocenters. The van der Waals surface area contributed by atoms with Crippen LogP contribution in [0, 0.1) is 20.8 Å². The van der Waals surface area contributed by atoms with Gasteiger partial charge in [-0.05, 0) is 50.3 Å². The van der Waals surface area contributed by atoms with Crippen LogP contribution in [0.1, 0.15) is 28.7 Å². The fraction of sp³-hybridized carbons (Fsp3) is 0.300. The number of hydrogen-bond acceptors (Lipinski definition) is 1. The minimum Gasteiger partial charge on any atom is -0.378 e. The highest BCUT2D eigenvalue weighted by molar-refractivity contribution is 5.59. The number of anilines is 1. The molecule has 0 aliphatic heterocycles. The van der Waals surface area contributed by atoms with Crippen LogP contribution in [-0.4, -0.2) is 6.04 Å². The highest BCUT2D eigenvalue weighted by Gasteiger charge is 2.09. The summed E-state index contributed by atoms with van der Waals surface area (Å²) in [6, 6.07) is 15.4. The van der Waals surface area contributed by atoms with Gasteiger partial charge in [-0.1, -0.05) is 54.1 Å². The Hall–Kier alpha value is -2.02. The van der Waals surface area contributed by atoms with E-state index >= 15 is 0 Å². The van der Waals surface area contributed by atoms with Gasteiger partial charge in [0.2, 0.25) is 0 Å². The monoisotopic (exact) mass is 279 g/mol. The van der Waals surface area contributed by atoms with Crippen LogP contribution in [-0.2, 0) is 6.42 Å². The van der Waals surface area contributed by atoms with E-state index in [2.05, 4.69) is 75.1 Å². The summed E-state index contributed by atoms with van der Waals surface area (Å²) >= 11 is 0. The molecule has 0 spiro atoms. The first-order valence-corrected chi connectivity index (χ1v) is 7.61. The van der Waals surface area contributed by atoms with Gasteiger partial charge >= 0.3 is 0 Å². The van der Waals surface area contributed by atoms with Gasteiger partial charge in [-0.25, -0.2) is 0 Å². The summed E-state index contributed by atoms with van der Waals surface area (Å²) in [7, 11) is 0. The first-order valence-electron chi connectivity index (χ1n) is 7.61. The molecule has 2 rings (SSSR count). The third-order valence-electron chi connectivity index (χ3n) is 3.88. The minimum absolute atomic E-state index is 0.297. The predicted molar refractivity (Wildman–Crippen MR) is 93.0 cm³/mol. The molecule has 0 aromatic heterocycles. The lowest BCUT2D eigenvalue weighted by Gasteiger charge is -2.20. The van der Waals surface area contributed by atoms with Crippen LogP contribution >= 0.6 is 0 Å². The topological polar surface area (TPSA) is 12.0 Å². The van der Waals surface area contributed by atoms with Gasteiger partial charge in [0.15, 0.2) is 0 Å². The third kappa shape index (κ3) is 4.22. The van der Waals surface area contributed by atoms with Crippen LogP contribution in [0.2, 0.25) is 0 Å². The zero-order chi connectivity index (χ0) is 15.2. The summed E-state index contributed by atoms with van der Waals surface area (Å²) in [5.74, 6) is 0. The first kappa shape index (κ1) is 15.4. The molecule has 0 radical (unpaired) electrons. The highest BCUT2D eigenvalue weighted by Crippen LogP contribution is 2.23. The van der Waals surface area contributed by atoms with E-state index < -0.39 is 0 Å². The van der Waals surface area contributed by atoms with Crippen molar-refractivity contribution in [2.24, 2.45) is 0 Å². The van der Waals surface area contributed by atoms with Gasteiger partial charge in [0, 0.05) is 11.7 Å². The van der Waals surface area contributed by atoms with E-state index in [4.69, 9.17) is 0 Å². The lowest BCUT2D eigenvalue weighted by molar-refractivity contribution is 0.759. The average molecular weight is 279 g/mol. The molecule has 0 saturated carbocycles. The van der Waals surface area contributed by atoms with Gasteiger partial charge in [0.1, 0.15) is 0 Å². The predicted octanol–water partition coefficient (Wildman–Crippen LogP) is 5.21. The Morgan fingerprint density at radius 1 is 1.05 bits per heavy atom. The van der Waals surface area contributed by atoms with Crippen molar-refractivity contribution in [2.75, 3.05) is 5.32 Å². The number of rotatable bonds is 6. The van der Waals surface area contributed by atoms with Crippen LogP contribution < -0.4 is 5.32 Å². The molecular formula is C20H25N. The number of benzene rings is 2. The maximum absolute atomic E-state index is 3.98. The van der Waals surface area contributed by atoms with Gasteiger partial charge in [-0.2, -0.15) is 0 Å². The second kappa shape index (κ2) is 7.12. The molecule has 1 nitrogen and oxygen atoms in total. The van der Waals surface area contributed by atoms with Crippen LogP contribution in [0.25, 0.3) is 0 Å². The Morgan fingerprint density at radius 3 is 2.24 bits per heavy atom. The zero-order valence-corrected chi connectivity index (χ0v) is 13.3. The molecule has 21 heavy (non-hydrogen) atoms. The van der Waals surface area contributed by atoms with E-state index in [0.717, 1.165) is 12.8 Å². The fourth-order valence-corrected chi connectivity index (χ4v) is 2.81. The second-order valence-electron chi connectivity index (χ2n) is 5.78. The lowest BCUT2D eigenvalue weighted by atomic mass is 10.0. The van der Waals surface area contributed by atoms with Crippen LogP contribution in [0.15, 0.2) is 55.1 Å². The first-order chi connectivity index (χ1) is 10.1. The summed E-state index contributed by atoms with van der Waals surface area (Å²) in [4.78, 5) is 0. The summed E-state index contributed by atoms with van der Waals surface area (Å²) in [5.41, 5.74) is 6.55. The maximum atomic E-state index is 3.98. The van der Waals surface area contributed by atoms with Crippen molar-refractivity contribution in [1.82, 2.24) is 0 Å². The lowest BCUT2D eigenvalue weighted by Crippen LogP contribution is -2.19. The third-order valence-corrected chi connectivity index (χ3v) is 3.88. The van der Waals surface area contributed by atoms with Gasteiger partial charge in [-0.15, -0.1) is 6.58 Å². The minimum atomic E-state index is 0.297. The van der Waals surface area contributed by atoms with Crippen molar-refractivity contribution >= 4 is 5.69 Å². The number of aryl methyl sites for hydroxylation is 4. The standard InChI is InChI=1S/C20H25N/c1-5-19(12-11-18-9-7-6-8-10-18)21-20-16(3)13-15(2)14-17(20)4/h5-10,13-14,19,21H,1,11-12H2,2-4H3. The van der Waals surface area contributed by atoms with Gasteiger partial charge in [0.05, 0.1) is 0 Å². The molecule has 0 aliphatic rings. The van der Waals surface area contributed by atoms with Crippen molar-refractivity contribution in [3.63, 3.8) is 0 Å². The van der Waals surface area contributed by atoms with Crippen molar-refractivity contribution in [3.8, 4) is 0 Å². The van der Waals surface area contributed by atoms with Gasteiger partial charge < -0.3 is 5.32 Å². The summed E-state index contributed by atoms with van der Waals surface area (Å²) < 4.78 is 0. The molecule has 0 aliphatic carbocycles. The Bertz CT molecular complexity index is 575. The molecule has 0 saturated heterocycles. The molecule has 110 valence electrons. The van der Waals surface area contributed by atoms with Crippen LogP contribution in [0.3, 0.4) is 0 Å². The van der Waals surface area contributed by atoms with E-state index in [1.807, 2.05) is 6.08 Å². The largest absolute Gasteiger partial charge is 0.378 e. The van der Waals surface area contributed by atoms with E-state index in [1.54, 1.807) is 0 Å². The molecule has 1 atom stereocenters. The van der Waals surface area contributed by atoms with Crippen molar-refractivity contribution in [2.45, 2.75) is 39.7 Å². The quantitative estimate of drug-likeness (QED) is 0.716. The molecule has 2 aromatic rings. The molecule has 0 fully saturated rings. The fourth-order valence-electron chi connectivity index (χ4n) is 2.81. The van der Waals surface area contributed by atoms with Crippen molar-refractivity contribution < 1.29 is 0 Å². The Balaban J connectivity index is 2.04. The Labute approximate surface area is 128 Å². The van der Waals surface area contributed by atoms with E-state index in [1.165, 1.54) is 27.9 Å². The highest BCUT2D eigenvalue weighted by atomic mass is 14.9. The van der Waals surface area contributed by atoms with E-state index in [0.29, 0.717) is 6.04 Å². The number of nitrogens with one attached hydrogen (secondary N) is 1. The SMILES string of the molecule is C=CC(CCc1ccccc1)Nc1c(C)cc(C)cc1C. The van der Waals surface area contributed by atoms with Crippen molar-refractivity contribution in [1.29, 1.82) is 0 Å². The van der Waals surface area contributed by atoms with Crippen molar-refractivity contribution in [3.05, 3.63) is 77.4 Å². The molecule has 0 bridgehead atoms. The smallest absolute Gasteiger partial charge is 0.0445 e. The summed E-state index contributed by atoms with van der Waals surface area (Å²) in [5, 5.41) is 3.64. The normalized spacial score (nSPS) is 12.0. The summed E-state index contributed by atoms with van der Waals surface area (Å²) in [6.45, 7) is 10.5. The molecule has 2 aromatic carbocycles. The van der Waals surface area contributed by atoms with Gasteiger partial charge in [-0.3, -0.25) is 0 Å². The molecule has 0 heterocycles. The van der Waals surface area contributed by atoms with Gasteiger partial charge in [0.25, 0.3) is 0 Å². The molecule has 1 heteroatoms. The van der Waals surface area contributed by atoms with E-state index in [-0.39, 0.29) is 0 Å².